The van der Waals surface area contributed by atoms with Crippen LogP contribution in [0, 0.1) is 0 Å². The van der Waals surface area contributed by atoms with Crippen LogP contribution in [0.5, 0.6) is 0 Å². The van der Waals surface area contributed by atoms with Crippen molar-refractivity contribution in [1.29, 1.82) is 0 Å². The molecule has 0 spiro atoms. The largest absolute Gasteiger partial charge is 0.455 e. The van der Waals surface area contributed by atoms with Crippen molar-refractivity contribution in [2.45, 2.75) is 0 Å². The lowest BCUT2D eigenvalue weighted by Gasteiger charge is -2.22. The Kier molecular flexibility index (Phi) is 5.64. The summed E-state index contributed by atoms with van der Waals surface area (Å²) < 4.78 is 6.66. The lowest BCUT2D eigenvalue weighted by molar-refractivity contribution is 0.670. The van der Waals surface area contributed by atoms with Crippen LogP contribution in [0.3, 0.4) is 0 Å². The highest BCUT2D eigenvalue weighted by Crippen LogP contribution is 2.50. The number of para-hydroxylation sites is 2. The lowest BCUT2D eigenvalue weighted by atomic mass is 9.81. The van der Waals surface area contributed by atoms with Gasteiger partial charge in [-0.05, 0) is 77.0 Å². The summed E-state index contributed by atoms with van der Waals surface area (Å²) >= 11 is 0. The van der Waals surface area contributed by atoms with Gasteiger partial charge in [-0.3, -0.25) is 0 Å². The van der Waals surface area contributed by atoms with Crippen LogP contribution in [0.2, 0.25) is 0 Å². The minimum absolute atomic E-state index is 0.909. The Morgan fingerprint density at radius 2 is 0.723 bits per heavy atom. The standard InChI is InChI=1S/C46H28O/c1-3-17-31-29(13-1)15-9-22-34(31)43-36-20-5-6-21-37(36)44(35-23-10-16-30-14-2-4-18-32(30)35)45-38(24-11-27-41(43)45)40-26-12-25-39-33-19-7-8-28-42(33)47-46(39)40/h1-28H. The van der Waals surface area contributed by atoms with Crippen molar-refractivity contribution in [3.05, 3.63) is 170 Å². The molecule has 9 aromatic carbocycles. The molecule has 1 nitrogen and oxygen atoms in total. The van der Waals surface area contributed by atoms with E-state index in [0.29, 0.717) is 0 Å². The molecule has 0 saturated heterocycles. The van der Waals surface area contributed by atoms with Crippen LogP contribution in [0.1, 0.15) is 0 Å². The second-order valence-electron chi connectivity index (χ2n) is 12.4. The Morgan fingerprint density at radius 3 is 1.43 bits per heavy atom. The predicted octanol–water partition coefficient (Wildman–Crippen LogP) is 13.2. The fourth-order valence-electron chi connectivity index (χ4n) is 7.87. The molecule has 10 rings (SSSR count). The van der Waals surface area contributed by atoms with Crippen molar-refractivity contribution < 1.29 is 4.42 Å². The molecule has 218 valence electrons. The van der Waals surface area contributed by atoms with E-state index < -0.39 is 0 Å². The molecule has 0 saturated carbocycles. The van der Waals surface area contributed by atoms with E-state index in [-0.39, 0.29) is 0 Å². The second-order valence-corrected chi connectivity index (χ2v) is 12.4. The molecule has 1 aromatic heterocycles. The van der Waals surface area contributed by atoms with Crippen molar-refractivity contribution in [2.75, 3.05) is 0 Å². The van der Waals surface area contributed by atoms with Crippen LogP contribution >= 0.6 is 0 Å². The van der Waals surface area contributed by atoms with Crippen molar-refractivity contribution in [1.82, 2.24) is 0 Å². The first-order valence-electron chi connectivity index (χ1n) is 16.2. The molecule has 1 heteroatoms. The molecule has 10 aromatic rings. The van der Waals surface area contributed by atoms with Crippen molar-refractivity contribution in [3.8, 4) is 33.4 Å². The fraction of sp³-hybridized carbons (Fsp3) is 0. The number of fused-ring (bicyclic) bond motifs is 7. The van der Waals surface area contributed by atoms with Crippen LogP contribution in [-0.4, -0.2) is 0 Å². The maximum Gasteiger partial charge on any atom is 0.143 e. The molecule has 47 heavy (non-hydrogen) atoms. The molecule has 0 N–H and O–H groups in total. The zero-order valence-electron chi connectivity index (χ0n) is 25.6. The maximum atomic E-state index is 6.66. The molecular formula is C46H28O. The first-order valence-corrected chi connectivity index (χ1v) is 16.2. The number of hydrogen-bond donors (Lipinski definition) is 0. The lowest BCUT2D eigenvalue weighted by Crippen LogP contribution is -1.94. The Balaban J connectivity index is 1.45. The Morgan fingerprint density at radius 1 is 0.277 bits per heavy atom. The molecular weight excluding hydrogens is 569 g/mol. The van der Waals surface area contributed by atoms with E-state index in [0.717, 1.165) is 27.5 Å². The van der Waals surface area contributed by atoms with Gasteiger partial charge in [-0.15, -0.1) is 0 Å². The smallest absolute Gasteiger partial charge is 0.143 e. The van der Waals surface area contributed by atoms with Crippen LogP contribution in [0.25, 0.3) is 98.4 Å². The van der Waals surface area contributed by atoms with Gasteiger partial charge < -0.3 is 4.42 Å². The summed E-state index contributed by atoms with van der Waals surface area (Å²) in [6.45, 7) is 0. The van der Waals surface area contributed by atoms with Gasteiger partial charge in [0.1, 0.15) is 11.2 Å². The molecule has 1 heterocycles. The van der Waals surface area contributed by atoms with Crippen molar-refractivity contribution >= 4 is 65.0 Å². The van der Waals surface area contributed by atoms with E-state index in [1.807, 2.05) is 6.07 Å². The zero-order valence-corrected chi connectivity index (χ0v) is 25.6. The number of benzene rings is 9. The SMILES string of the molecule is c1ccc2c(-c3c4ccccc4c(-c4cccc5ccccc45)c4c(-c5cccc6c5oc5ccccc56)cccc34)cccc2c1. The summed E-state index contributed by atoms with van der Waals surface area (Å²) in [6, 6.07) is 61.5. The van der Waals surface area contributed by atoms with Gasteiger partial charge in [0, 0.05) is 16.3 Å². The summed E-state index contributed by atoms with van der Waals surface area (Å²) in [5.41, 5.74) is 9.09. The predicted molar refractivity (Wildman–Crippen MR) is 200 cm³/mol. The Bertz CT molecular complexity index is 2840. The molecule has 0 amide bonds. The van der Waals surface area contributed by atoms with E-state index in [1.165, 1.54) is 70.9 Å². The van der Waals surface area contributed by atoms with E-state index in [9.17, 15) is 0 Å². The summed E-state index contributed by atoms with van der Waals surface area (Å²) in [5.74, 6) is 0. The van der Waals surface area contributed by atoms with E-state index in [1.54, 1.807) is 0 Å². The van der Waals surface area contributed by atoms with Crippen LogP contribution in [0.4, 0.5) is 0 Å². The molecule has 0 atom stereocenters. The van der Waals surface area contributed by atoms with Gasteiger partial charge in [-0.2, -0.15) is 0 Å². The summed E-state index contributed by atoms with van der Waals surface area (Å²) in [5, 5.41) is 12.2. The van der Waals surface area contributed by atoms with E-state index in [4.69, 9.17) is 4.42 Å². The molecule has 0 aliphatic rings. The van der Waals surface area contributed by atoms with Gasteiger partial charge in [-0.25, -0.2) is 0 Å². The normalized spacial score (nSPS) is 11.8. The molecule has 0 aliphatic heterocycles. The maximum absolute atomic E-state index is 6.66. The first kappa shape index (κ1) is 26.1. The third kappa shape index (κ3) is 3.84. The van der Waals surface area contributed by atoms with Crippen molar-refractivity contribution in [3.63, 3.8) is 0 Å². The first-order chi connectivity index (χ1) is 23.3. The van der Waals surface area contributed by atoms with Crippen LogP contribution in [-0.2, 0) is 0 Å². The summed E-state index contributed by atoms with van der Waals surface area (Å²) in [4.78, 5) is 0. The number of rotatable bonds is 3. The summed E-state index contributed by atoms with van der Waals surface area (Å²) in [6.07, 6.45) is 0. The zero-order chi connectivity index (χ0) is 30.9. The Hall–Kier alpha value is -6.18. The Labute approximate surface area is 271 Å². The minimum Gasteiger partial charge on any atom is -0.455 e. The third-order valence-electron chi connectivity index (χ3n) is 9.86. The number of hydrogen-bond acceptors (Lipinski definition) is 1. The highest BCUT2D eigenvalue weighted by atomic mass is 16.3. The van der Waals surface area contributed by atoms with Gasteiger partial charge in [-0.1, -0.05) is 164 Å². The average molecular weight is 597 g/mol. The quantitative estimate of drug-likeness (QED) is 0.185. The van der Waals surface area contributed by atoms with Crippen LogP contribution < -0.4 is 0 Å². The van der Waals surface area contributed by atoms with Gasteiger partial charge in [0.2, 0.25) is 0 Å². The molecule has 0 unspecified atom stereocenters. The van der Waals surface area contributed by atoms with E-state index in [2.05, 4.69) is 164 Å². The molecule has 0 aliphatic carbocycles. The van der Waals surface area contributed by atoms with Gasteiger partial charge in [0.25, 0.3) is 0 Å². The highest BCUT2D eigenvalue weighted by Gasteiger charge is 2.23. The van der Waals surface area contributed by atoms with Crippen molar-refractivity contribution in [2.24, 2.45) is 0 Å². The molecule has 0 radical (unpaired) electrons. The molecule has 0 bridgehead atoms. The van der Waals surface area contributed by atoms with Gasteiger partial charge in [0.15, 0.2) is 0 Å². The molecule has 0 fully saturated rings. The van der Waals surface area contributed by atoms with Crippen LogP contribution in [0.15, 0.2) is 174 Å². The third-order valence-corrected chi connectivity index (χ3v) is 9.86. The van der Waals surface area contributed by atoms with Gasteiger partial charge >= 0.3 is 0 Å². The average Bonchev–Trinajstić information content (AvgIpc) is 3.52. The van der Waals surface area contributed by atoms with E-state index >= 15 is 0 Å². The highest BCUT2D eigenvalue weighted by molar-refractivity contribution is 6.28. The minimum atomic E-state index is 0.909. The monoisotopic (exact) mass is 596 g/mol. The fourth-order valence-corrected chi connectivity index (χ4v) is 7.87. The summed E-state index contributed by atoms with van der Waals surface area (Å²) in [7, 11) is 0. The van der Waals surface area contributed by atoms with Gasteiger partial charge in [0.05, 0.1) is 0 Å². The topological polar surface area (TPSA) is 13.1 Å². The second kappa shape index (κ2) is 10.2. The number of furan rings is 1.